The number of benzene rings is 2. The summed E-state index contributed by atoms with van der Waals surface area (Å²) in [4.78, 5) is 0. The molecule has 0 aromatic heterocycles. The number of hydrogen-bond donors (Lipinski definition) is 2. The molecule has 0 radical (unpaired) electrons. The van der Waals surface area contributed by atoms with E-state index >= 15 is 0 Å². The van der Waals surface area contributed by atoms with Crippen LogP contribution in [-0.4, -0.2) is 20.7 Å². The van der Waals surface area contributed by atoms with Crippen LogP contribution in [0.25, 0.3) is 0 Å². The van der Waals surface area contributed by atoms with Crippen molar-refractivity contribution in [3.05, 3.63) is 54.6 Å². The molecule has 0 aliphatic carbocycles. The van der Waals surface area contributed by atoms with Gasteiger partial charge in [0.25, 0.3) is 10.0 Å². The molecule has 0 saturated carbocycles. The second kappa shape index (κ2) is 6.27. The molecule has 0 amide bonds. The van der Waals surface area contributed by atoms with E-state index in [0.29, 0.717) is 17.1 Å². The van der Waals surface area contributed by atoms with E-state index in [1.165, 1.54) is 0 Å². The Morgan fingerprint density at radius 2 is 1.86 bits per heavy atom. The molecule has 0 spiro atoms. The zero-order valence-electron chi connectivity index (χ0n) is 11.4. The monoisotopic (exact) mass is 305 g/mol. The maximum Gasteiger partial charge on any atom is 0.310 e. The minimum atomic E-state index is -3.60. The zero-order chi connectivity index (χ0) is 15.3. The van der Waals surface area contributed by atoms with Gasteiger partial charge in [0.15, 0.2) is 0 Å². The molecule has 0 heterocycles. The molecular formula is C14H15N3O3S. The Hall–Kier alpha value is -2.54. The predicted octanol–water partition coefficient (Wildman–Crippen LogP) is 2.08. The number of sulfonamides is 1. The average molecular weight is 305 g/mol. The highest BCUT2D eigenvalue weighted by Gasteiger charge is 2.08. The number of amidine groups is 1. The summed E-state index contributed by atoms with van der Waals surface area (Å²) in [6.45, 7) is 0. The van der Waals surface area contributed by atoms with Crippen molar-refractivity contribution in [1.29, 1.82) is 0 Å². The third-order valence-electron chi connectivity index (χ3n) is 2.34. The highest BCUT2D eigenvalue weighted by atomic mass is 32.2. The van der Waals surface area contributed by atoms with Gasteiger partial charge in [-0.3, -0.25) is 0 Å². The minimum Gasteiger partial charge on any atom is -0.425 e. The maximum absolute atomic E-state index is 11.4. The highest BCUT2D eigenvalue weighted by molar-refractivity contribution is 7.89. The van der Waals surface area contributed by atoms with Gasteiger partial charge >= 0.3 is 6.02 Å². The molecule has 6 nitrogen and oxygen atoms in total. The van der Waals surface area contributed by atoms with Crippen molar-refractivity contribution in [2.75, 3.05) is 17.3 Å². The molecule has 7 heteroatoms. The Labute approximate surface area is 123 Å². The summed E-state index contributed by atoms with van der Waals surface area (Å²) < 4.78 is 31.7. The van der Waals surface area contributed by atoms with Crippen LogP contribution in [0.15, 0.2) is 59.0 Å². The normalized spacial score (nSPS) is 12.0. The van der Waals surface area contributed by atoms with Gasteiger partial charge in [0, 0.05) is 11.4 Å². The van der Waals surface area contributed by atoms with E-state index in [1.54, 1.807) is 48.5 Å². The number of nitrogen functional groups attached to an aromatic ring is 1. The van der Waals surface area contributed by atoms with Crippen molar-refractivity contribution in [3.63, 3.8) is 0 Å². The summed E-state index contributed by atoms with van der Waals surface area (Å²) >= 11 is 0. The molecule has 0 fully saturated rings. The second-order valence-electron chi connectivity index (χ2n) is 4.30. The number of para-hydroxylation sites is 1. The van der Waals surface area contributed by atoms with Crippen LogP contribution >= 0.6 is 0 Å². The Balaban J connectivity index is 2.27. The van der Waals surface area contributed by atoms with Crippen LogP contribution in [-0.2, 0) is 10.0 Å². The van der Waals surface area contributed by atoms with Crippen molar-refractivity contribution in [2.45, 2.75) is 0 Å². The van der Waals surface area contributed by atoms with Gasteiger partial charge < -0.3 is 15.8 Å². The molecule has 0 atom stereocenters. The van der Waals surface area contributed by atoms with Crippen LogP contribution in [0.1, 0.15) is 0 Å². The summed E-state index contributed by atoms with van der Waals surface area (Å²) in [6.07, 6.45) is 0.988. The van der Waals surface area contributed by atoms with Gasteiger partial charge in [0.1, 0.15) is 5.75 Å². The summed E-state index contributed by atoms with van der Waals surface area (Å²) in [5, 5.41) is 2.79. The molecule has 3 N–H and O–H groups in total. The quantitative estimate of drug-likeness (QED) is 0.514. The van der Waals surface area contributed by atoms with Gasteiger partial charge in [-0.2, -0.15) is 0 Å². The molecule has 2 aromatic carbocycles. The molecular weight excluding hydrogens is 290 g/mol. The summed E-state index contributed by atoms with van der Waals surface area (Å²) in [5.41, 5.74) is 6.79. The van der Waals surface area contributed by atoms with Crippen molar-refractivity contribution < 1.29 is 13.2 Å². The van der Waals surface area contributed by atoms with Gasteiger partial charge in [-0.1, -0.05) is 24.3 Å². The Bertz CT molecular complexity index is 743. The zero-order valence-corrected chi connectivity index (χ0v) is 12.2. The first-order valence-corrected chi connectivity index (χ1v) is 7.93. The molecule has 2 aromatic rings. The lowest BCUT2D eigenvalue weighted by Gasteiger charge is -2.11. The molecule has 0 aliphatic heterocycles. The van der Waals surface area contributed by atoms with Crippen LogP contribution in [0, 0.1) is 0 Å². The van der Waals surface area contributed by atoms with E-state index in [4.69, 9.17) is 10.5 Å². The number of nitrogens with zero attached hydrogens (tertiary/aromatic N) is 1. The lowest BCUT2D eigenvalue weighted by atomic mass is 10.3. The first-order valence-electron chi connectivity index (χ1n) is 6.08. The Morgan fingerprint density at radius 1 is 1.14 bits per heavy atom. The summed E-state index contributed by atoms with van der Waals surface area (Å²) in [7, 11) is -3.60. The van der Waals surface area contributed by atoms with Gasteiger partial charge in [-0.15, -0.1) is 4.40 Å². The number of rotatable bonds is 3. The first-order chi connectivity index (χ1) is 9.92. The standard InChI is InChI=1S/C14H15N3O3S/c1-21(18,19)17-14(20-13-8-3-2-4-9-13)16-12-7-5-6-11(15)10-12/h2-10H,15H2,1H3,(H,16,17). The van der Waals surface area contributed by atoms with Crippen molar-refractivity contribution in [1.82, 2.24) is 0 Å². The smallest absolute Gasteiger partial charge is 0.310 e. The molecule has 0 unspecified atom stereocenters. The van der Waals surface area contributed by atoms with Crippen LogP contribution < -0.4 is 15.8 Å². The third kappa shape index (κ3) is 5.15. The molecule has 0 bridgehead atoms. The number of ether oxygens (including phenoxy) is 1. The molecule has 110 valence electrons. The number of anilines is 2. The van der Waals surface area contributed by atoms with E-state index in [0.717, 1.165) is 6.26 Å². The van der Waals surface area contributed by atoms with Crippen molar-refractivity contribution in [2.24, 2.45) is 4.40 Å². The molecule has 21 heavy (non-hydrogen) atoms. The summed E-state index contributed by atoms with van der Waals surface area (Å²) in [5.74, 6) is 0.469. The maximum atomic E-state index is 11.4. The highest BCUT2D eigenvalue weighted by Crippen LogP contribution is 2.14. The van der Waals surface area contributed by atoms with Gasteiger partial charge in [-0.25, -0.2) is 8.42 Å². The fourth-order valence-corrected chi connectivity index (χ4v) is 1.94. The fourth-order valence-electron chi connectivity index (χ4n) is 1.56. The van der Waals surface area contributed by atoms with E-state index in [2.05, 4.69) is 9.71 Å². The van der Waals surface area contributed by atoms with Gasteiger partial charge in [-0.05, 0) is 30.3 Å². The second-order valence-corrected chi connectivity index (χ2v) is 5.94. The van der Waals surface area contributed by atoms with Crippen molar-refractivity contribution in [3.8, 4) is 5.75 Å². The van der Waals surface area contributed by atoms with Crippen molar-refractivity contribution >= 4 is 27.4 Å². The lowest BCUT2D eigenvalue weighted by molar-refractivity contribution is 0.548. The Morgan fingerprint density at radius 3 is 2.48 bits per heavy atom. The van der Waals surface area contributed by atoms with Crippen LogP contribution in [0.5, 0.6) is 5.75 Å². The number of nitrogens with two attached hydrogens (primary N) is 1. The fraction of sp³-hybridized carbons (Fsp3) is 0.0714. The number of nitrogens with one attached hydrogen (secondary N) is 1. The summed E-state index contributed by atoms with van der Waals surface area (Å²) in [6, 6.07) is 15.4. The number of hydrogen-bond acceptors (Lipinski definition) is 4. The molecule has 0 saturated heterocycles. The van der Waals surface area contributed by atoms with Crippen LogP contribution in [0.2, 0.25) is 0 Å². The minimum absolute atomic E-state index is 0.144. The van der Waals surface area contributed by atoms with Crippen LogP contribution in [0.3, 0.4) is 0 Å². The van der Waals surface area contributed by atoms with E-state index < -0.39 is 10.0 Å². The SMILES string of the molecule is CS(=O)(=O)N=C(Nc1cccc(N)c1)Oc1ccccc1. The van der Waals surface area contributed by atoms with E-state index in [1.807, 2.05) is 6.07 Å². The molecule has 0 aliphatic rings. The Kier molecular flexibility index (Phi) is 4.44. The van der Waals surface area contributed by atoms with Crippen LogP contribution in [0.4, 0.5) is 11.4 Å². The lowest BCUT2D eigenvalue weighted by Crippen LogP contribution is -2.21. The average Bonchev–Trinajstić information content (AvgIpc) is 2.37. The van der Waals surface area contributed by atoms with E-state index in [9.17, 15) is 8.42 Å². The first kappa shape index (κ1) is 14.9. The third-order valence-corrected chi connectivity index (χ3v) is 2.84. The predicted molar refractivity (Wildman–Crippen MR) is 83.8 cm³/mol. The topological polar surface area (TPSA) is 93.8 Å². The van der Waals surface area contributed by atoms with Gasteiger partial charge in [0.05, 0.1) is 6.26 Å². The molecule has 2 rings (SSSR count). The van der Waals surface area contributed by atoms with E-state index in [-0.39, 0.29) is 6.02 Å². The van der Waals surface area contributed by atoms with Gasteiger partial charge in [0.2, 0.25) is 0 Å². The largest absolute Gasteiger partial charge is 0.425 e.